The SMILES string of the molecule is CC1=NCC(C(CC2=Cc3cccnc3CC2)c2ccc(F)cn2)=N1. The highest BCUT2D eigenvalue weighted by Gasteiger charge is 2.25. The topological polar surface area (TPSA) is 50.5 Å². The zero-order chi connectivity index (χ0) is 17.2. The number of halogens is 1. The second-order valence-corrected chi connectivity index (χ2v) is 6.47. The molecule has 0 amide bonds. The van der Waals surface area contributed by atoms with Gasteiger partial charge in [0.15, 0.2) is 0 Å². The van der Waals surface area contributed by atoms with Crippen LogP contribution < -0.4 is 0 Å². The van der Waals surface area contributed by atoms with Gasteiger partial charge in [-0.3, -0.25) is 15.0 Å². The summed E-state index contributed by atoms with van der Waals surface area (Å²) in [5, 5.41) is 0. The van der Waals surface area contributed by atoms with Crippen LogP contribution in [0.25, 0.3) is 6.08 Å². The molecular formula is C20H19FN4. The van der Waals surface area contributed by atoms with Crippen LogP contribution in [0.15, 0.2) is 52.2 Å². The quantitative estimate of drug-likeness (QED) is 0.849. The van der Waals surface area contributed by atoms with E-state index in [4.69, 9.17) is 0 Å². The van der Waals surface area contributed by atoms with Gasteiger partial charge in [0, 0.05) is 23.5 Å². The monoisotopic (exact) mass is 334 g/mol. The van der Waals surface area contributed by atoms with E-state index in [9.17, 15) is 4.39 Å². The van der Waals surface area contributed by atoms with Crippen molar-refractivity contribution < 1.29 is 4.39 Å². The number of nitrogens with zero attached hydrogens (tertiary/aromatic N) is 4. The third kappa shape index (κ3) is 3.40. The van der Waals surface area contributed by atoms with Crippen LogP contribution in [-0.2, 0) is 6.42 Å². The molecule has 5 heteroatoms. The van der Waals surface area contributed by atoms with E-state index < -0.39 is 0 Å². The number of hydrogen-bond donors (Lipinski definition) is 0. The van der Waals surface area contributed by atoms with E-state index in [2.05, 4.69) is 32.1 Å². The van der Waals surface area contributed by atoms with Crippen LogP contribution in [-0.4, -0.2) is 28.1 Å². The Morgan fingerprint density at radius 3 is 2.84 bits per heavy atom. The molecule has 0 N–H and O–H groups in total. The number of amidine groups is 1. The van der Waals surface area contributed by atoms with Crippen molar-refractivity contribution in [2.45, 2.75) is 32.1 Å². The van der Waals surface area contributed by atoms with Gasteiger partial charge in [-0.2, -0.15) is 0 Å². The van der Waals surface area contributed by atoms with E-state index in [0.717, 1.165) is 42.2 Å². The van der Waals surface area contributed by atoms with Crippen molar-refractivity contribution in [1.82, 2.24) is 9.97 Å². The Morgan fingerprint density at radius 2 is 2.08 bits per heavy atom. The minimum absolute atomic E-state index is 0.0336. The molecule has 1 unspecified atom stereocenters. The van der Waals surface area contributed by atoms with Crippen LogP contribution in [0.3, 0.4) is 0 Å². The van der Waals surface area contributed by atoms with Crippen LogP contribution in [0.5, 0.6) is 0 Å². The molecule has 25 heavy (non-hydrogen) atoms. The Hall–Kier alpha value is -2.69. The lowest BCUT2D eigenvalue weighted by atomic mass is 9.85. The highest BCUT2D eigenvalue weighted by atomic mass is 19.1. The van der Waals surface area contributed by atoms with Gasteiger partial charge in [-0.15, -0.1) is 0 Å². The minimum Gasteiger partial charge on any atom is -0.265 e. The Labute approximate surface area is 146 Å². The summed E-state index contributed by atoms with van der Waals surface area (Å²) < 4.78 is 13.3. The molecule has 4 nitrogen and oxygen atoms in total. The first-order chi connectivity index (χ1) is 12.2. The molecule has 0 saturated heterocycles. The van der Waals surface area contributed by atoms with Crippen molar-refractivity contribution in [3.05, 3.63) is 65.0 Å². The second kappa shape index (κ2) is 6.67. The van der Waals surface area contributed by atoms with Gasteiger partial charge in [-0.25, -0.2) is 9.38 Å². The molecule has 126 valence electrons. The van der Waals surface area contributed by atoms with Crippen molar-refractivity contribution in [2.24, 2.45) is 9.98 Å². The number of aryl methyl sites for hydroxylation is 1. The fourth-order valence-corrected chi connectivity index (χ4v) is 3.43. The van der Waals surface area contributed by atoms with Crippen LogP contribution in [0.2, 0.25) is 0 Å². The third-order valence-electron chi connectivity index (χ3n) is 4.72. The average Bonchev–Trinajstić information content (AvgIpc) is 3.06. The number of allylic oxidation sites excluding steroid dienone is 1. The van der Waals surface area contributed by atoms with Crippen LogP contribution in [0.1, 0.15) is 42.6 Å². The van der Waals surface area contributed by atoms with Gasteiger partial charge in [0.25, 0.3) is 0 Å². The first-order valence-electron chi connectivity index (χ1n) is 8.52. The molecule has 0 aromatic carbocycles. The van der Waals surface area contributed by atoms with Crippen molar-refractivity contribution in [2.75, 3.05) is 6.54 Å². The van der Waals surface area contributed by atoms with E-state index in [1.807, 2.05) is 19.2 Å². The van der Waals surface area contributed by atoms with E-state index in [1.165, 1.54) is 23.4 Å². The highest BCUT2D eigenvalue weighted by molar-refractivity contribution is 6.06. The summed E-state index contributed by atoms with van der Waals surface area (Å²) >= 11 is 0. The minimum atomic E-state index is -0.319. The third-order valence-corrected chi connectivity index (χ3v) is 4.72. The largest absolute Gasteiger partial charge is 0.265 e. The number of fused-ring (bicyclic) bond motifs is 1. The highest BCUT2D eigenvalue weighted by Crippen LogP contribution is 2.32. The van der Waals surface area contributed by atoms with E-state index in [0.29, 0.717) is 6.54 Å². The van der Waals surface area contributed by atoms with Crippen molar-refractivity contribution in [3.63, 3.8) is 0 Å². The molecule has 0 saturated carbocycles. The predicted octanol–water partition coefficient (Wildman–Crippen LogP) is 3.99. The number of hydrogen-bond acceptors (Lipinski definition) is 4. The molecule has 0 bridgehead atoms. The normalized spacial score (nSPS) is 17.4. The average molecular weight is 334 g/mol. The second-order valence-electron chi connectivity index (χ2n) is 6.47. The summed E-state index contributed by atoms with van der Waals surface area (Å²) in [7, 11) is 0. The standard InChI is InChI=1S/C20H19FN4/c1-13-23-12-20(25-13)17(19-7-5-16(21)11-24-19)10-14-4-6-18-15(9-14)3-2-8-22-18/h2-3,5,7-9,11,17H,4,6,10,12H2,1H3. The Kier molecular flexibility index (Phi) is 4.22. The summed E-state index contributed by atoms with van der Waals surface area (Å²) in [6.07, 6.45) is 8.11. The van der Waals surface area contributed by atoms with E-state index >= 15 is 0 Å². The number of rotatable bonds is 4. The van der Waals surface area contributed by atoms with Gasteiger partial charge in [0.05, 0.1) is 18.5 Å². The molecule has 1 aliphatic carbocycles. The summed E-state index contributed by atoms with van der Waals surface area (Å²) in [6.45, 7) is 2.50. The smallest absolute Gasteiger partial charge is 0.141 e. The zero-order valence-electron chi connectivity index (χ0n) is 14.1. The molecule has 0 fully saturated rings. The Bertz CT molecular complexity index is 881. The lowest BCUT2D eigenvalue weighted by molar-refractivity contribution is 0.617. The van der Waals surface area contributed by atoms with Crippen LogP contribution >= 0.6 is 0 Å². The molecule has 2 aromatic rings. The van der Waals surface area contributed by atoms with Crippen molar-refractivity contribution in [3.8, 4) is 0 Å². The Balaban J connectivity index is 1.64. The lowest BCUT2D eigenvalue weighted by Crippen LogP contribution is -2.17. The van der Waals surface area contributed by atoms with Gasteiger partial charge in [0.2, 0.25) is 0 Å². The summed E-state index contributed by atoms with van der Waals surface area (Å²) in [6, 6.07) is 7.30. The van der Waals surface area contributed by atoms with E-state index in [-0.39, 0.29) is 11.7 Å². The summed E-state index contributed by atoms with van der Waals surface area (Å²) in [5.41, 5.74) is 5.55. The lowest BCUT2D eigenvalue weighted by Gasteiger charge is -2.21. The predicted molar refractivity (Wildman–Crippen MR) is 97.5 cm³/mol. The molecule has 0 radical (unpaired) electrons. The number of aromatic nitrogens is 2. The van der Waals surface area contributed by atoms with Gasteiger partial charge in [-0.1, -0.05) is 17.7 Å². The van der Waals surface area contributed by atoms with Gasteiger partial charge >= 0.3 is 0 Å². The molecule has 3 heterocycles. The van der Waals surface area contributed by atoms with Crippen molar-refractivity contribution in [1.29, 1.82) is 0 Å². The zero-order valence-corrected chi connectivity index (χ0v) is 14.1. The summed E-state index contributed by atoms with van der Waals surface area (Å²) in [5.74, 6) is 0.515. The molecule has 2 aliphatic rings. The molecular weight excluding hydrogens is 315 g/mol. The molecule has 2 aromatic heterocycles. The summed E-state index contributed by atoms with van der Waals surface area (Å²) in [4.78, 5) is 17.7. The van der Waals surface area contributed by atoms with Gasteiger partial charge < -0.3 is 0 Å². The fourth-order valence-electron chi connectivity index (χ4n) is 3.43. The maximum absolute atomic E-state index is 13.3. The molecule has 1 atom stereocenters. The fraction of sp³-hybridized carbons (Fsp3) is 0.300. The van der Waals surface area contributed by atoms with Crippen LogP contribution in [0.4, 0.5) is 4.39 Å². The number of pyridine rings is 2. The van der Waals surface area contributed by atoms with Crippen molar-refractivity contribution >= 4 is 17.6 Å². The van der Waals surface area contributed by atoms with Crippen LogP contribution in [0, 0.1) is 5.82 Å². The van der Waals surface area contributed by atoms with E-state index in [1.54, 1.807) is 6.07 Å². The molecule has 0 spiro atoms. The first kappa shape index (κ1) is 15.8. The van der Waals surface area contributed by atoms with Gasteiger partial charge in [0.1, 0.15) is 11.7 Å². The Morgan fingerprint density at radius 1 is 1.16 bits per heavy atom. The van der Waals surface area contributed by atoms with Gasteiger partial charge in [-0.05, 0) is 49.9 Å². The maximum Gasteiger partial charge on any atom is 0.141 e. The molecule has 1 aliphatic heterocycles. The number of aliphatic imine (C=N–C) groups is 2. The maximum atomic E-state index is 13.3. The molecule has 4 rings (SSSR count). The first-order valence-corrected chi connectivity index (χ1v) is 8.52.